The van der Waals surface area contributed by atoms with Crippen LogP contribution in [0, 0.1) is 0 Å². The van der Waals surface area contributed by atoms with E-state index in [1.807, 2.05) is 29.6 Å². The lowest BCUT2D eigenvalue weighted by Crippen LogP contribution is -2.31. The lowest BCUT2D eigenvalue weighted by atomic mass is 10.2. The maximum absolute atomic E-state index is 12.2. The molecule has 1 aromatic carbocycles. The van der Waals surface area contributed by atoms with Crippen LogP contribution in [0.2, 0.25) is 0 Å². The average Bonchev–Trinajstić information content (AvgIpc) is 3.25. The second-order valence-electron chi connectivity index (χ2n) is 5.42. The molecule has 0 radical (unpaired) electrons. The molecule has 0 unspecified atom stereocenters. The molecular weight excluding hydrogens is 328 g/mol. The van der Waals surface area contributed by atoms with E-state index in [1.54, 1.807) is 18.0 Å². The van der Waals surface area contributed by atoms with Crippen molar-refractivity contribution in [1.29, 1.82) is 0 Å². The van der Waals surface area contributed by atoms with Gasteiger partial charge < -0.3 is 19.7 Å². The van der Waals surface area contributed by atoms with Crippen LogP contribution in [-0.4, -0.2) is 37.1 Å². The normalized spacial score (nSPS) is 12.0. The summed E-state index contributed by atoms with van der Waals surface area (Å²) in [7, 11) is 1.74. The number of carbonyl (C=O) groups is 2. The molecule has 126 valence electrons. The highest BCUT2D eigenvalue weighted by Gasteiger charge is 2.15. The molecule has 7 heteroatoms. The first-order valence-electron chi connectivity index (χ1n) is 7.57. The molecule has 2 amide bonds. The van der Waals surface area contributed by atoms with Crippen molar-refractivity contribution in [2.75, 3.05) is 20.4 Å². The van der Waals surface area contributed by atoms with E-state index in [-0.39, 0.29) is 25.0 Å². The molecular formula is C17H18N2O4S. The van der Waals surface area contributed by atoms with Crippen molar-refractivity contribution < 1.29 is 19.1 Å². The SMILES string of the molecule is CN(Cc1ccc2c(c1)OCO2)C(=O)CCNC(=O)c1cccs1. The van der Waals surface area contributed by atoms with Crippen molar-refractivity contribution in [2.24, 2.45) is 0 Å². The Morgan fingerprint density at radius 2 is 2.08 bits per heavy atom. The van der Waals surface area contributed by atoms with Crippen LogP contribution in [0.1, 0.15) is 21.7 Å². The Morgan fingerprint density at radius 3 is 2.88 bits per heavy atom. The number of carbonyl (C=O) groups excluding carboxylic acids is 2. The molecule has 24 heavy (non-hydrogen) atoms. The van der Waals surface area contributed by atoms with E-state index in [1.165, 1.54) is 11.3 Å². The fourth-order valence-electron chi connectivity index (χ4n) is 2.37. The molecule has 0 aliphatic carbocycles. The number of rotatable bonds is 6. The Morgan fingerprint density at radius 1 is 1.25 bits per heavy atom. The lowest BCUT2D eigenvalue weighted by molar-refractivity contribution is -0.130. The van der Waals surface area contributed by atoms with Gasteiger partial charge in [0.05, 0.1) is 4.88 Å². The Kier molecular flexibility index (Phi) is 5.00. The maximum atomic E-state index is 12.2. The van der Waals surface area contributed by atoms with Gasteiger partial charge in [-0.1, -0.05) is 12.1 Å². The van der Waals surface area contributed by atoms with Gasteiger partial charge in [0.15, 0.2) is 11.5 Å². The summed E-state index contributed by atoms with van der Waals surface area (Å²) in [5.41, 5.74) is 0.970. The van der Waals surface area contributed by atoms with Crippen LogP contribution in [0.25, 0.3) is 0 Å². The topological polar surface area (TPSA) is 67.9 Å². The van der Waals surface area contributed by atoms with Gasteiger partial charge in [-0.25, -0.2) is 0 Å². The van der Waals surface area contributed by atoms with Gasteiger partial charge >= 0.3 is 0 Å². The number of benzene rings is 1. The summed E-state index contributed by atoms with van der Waals surface area (Å²) >= 11 is 1.38. The van der Waals surface area contributed by atoms with Gasteiger partial charge in [0.25, 0.3) is 5.91 Å². The second kappa shape index (κ2) is 7.35. The number of fused-ring (bicyclic) bond motifs is 1. The molecule has 1 aliphatic rings. The maximum Gasteiger partial charge on any atom is 0.261 e. The van der Waals surface area contributed by atoms with Gasteiger partial charge in [-0.2, -0.15) is 0 Å². The van der Waals surface area contributed by atoms with Crippen molar-refractivity contribution in [3.63, 3.8) is 0 Å². The zero-order valence-corrected chi connectivity index (χ0v) is 14.1. The van der Waals surface area contributed by atoms with E-state index in [0.717, 1.165) is 11.3 Å². The number of nitrogens with zero attached hydrogens (tertiary/aromatic N) is 1. The van der Waals surface area contributed by atoms with E-state index >= 15 is 0 Å². The number of thiophene rings is 1. The van der Waals surface area contributed by atoms with Gasteiger partial charge in [-0.15, -0.1) is 11.3 Å². The predicted octanol–water partition coefficient (Wildman–Crippen LogP) is 2.26. The zero-order valence-electron chi connectivity index (χ0n) is 13.3. The number of ether oxygens (including phenoxy) is 2. The standard InChI is InChI=1S/C17H18N2O4S/c1-19(10-12-4-5-13-14(9-12)23-11-22-13)16(20)6-7-18-17(21)15-3-2-8-24-15/h2-5,8-9H,6-7,10-11H2,1H3,(H,18,21). The molecule has 1 N–H and O–H groups in total. The Balaban J connectivity index is 1.45. The zero-order chi connectivity index (χ0) is 16.9. The van der Waals surface area contributed by atoms with E-state index in [4.69, 9.17) is 9.47 Å². The summed E-state index contributed by atoms with van der Waals surface area (Å²) in [6.45, 7) is 1.03. The van der Waals surface area contributed by atoms with E-state index in [0.29, 0.717) is 23.7 Å². The molecule has 0 saturated heterocycles. The molecule has 0 fully saturated rings. The summed E-state index contributed by atoms with van der Waals surface area (Å²) in [4.78, 5) is 26.3. The first-order chi connectivity index (χ1) is 11.6. The summed E-state index contributed by atoms with van der Waals surface area (Å²) in [6.07, 6.45) is 0.262. The van der Waals surface area contributed by atoms with Crippen LogP contribution in [0.5, 0.6) is 11.5 Å². The van der Waals surface area contributed by atoms with Crippen molar-refractivity contribution >= 4 is 23.2 Å². The molecule has 0 spiro atoms. The highest BCUT2D eigenvalue weighted by molar-refractivity contribution is 7.12. The quantitative estimate of drug-likeness (QED) is 0.871. The first kappa shape index (κ1) is 16.3. The van der Waals surface area contributed by atoms with Crippen molar-refractivity contribution in [1.82, 2.24) is 10.2 Å². The number of hydrogen-bond acceptors (Lipinski definition) is 5. The van der Waals surface area contributed by atoms with Crippen LogP contribution in [-0.2, 0) is 11.3 Å². The molecule has 2 aromatic rings. The minimum Gasteiger partial charge on any atom is -0.454 e. The van der Waals surface area contributed by atoms with Crippen molar-refractivity contribution in [2.45, 2.75) is 13.0 Å². The van der Waals surface area contributed by atoms with Crippen LogP contribution >= 0.6 is 11.3 Å². The van der Waals surface area contributed by atoms with Gasteiger partial charge in [0, 0.05) is 26.6 Å². The largest absolute Gasteiger partial charge is 0.454 e. The van der Waals surface area contributed by atoms with Crippen LogP contribution in [0.15, 0.2) is 35.7 Å². The van der Waals surface area contributed by atoms with Gasteiger partial charge in [-0.05, 0) is 29.1 Å². The predicted molar refractivity (Wildman–Crippen MR) is 90.3 cm³/mol. The second-order valence-corrected chi connectivity index (χ2v) is 6.37. The number of nitrogens with one attached hydrogen (secondary N) is 1. The van der Waals surface area contributed by atoms with Crippen LogP contribution < -0.4 is 14.8 Å². The summed E-state index contributed by atoms with van der Waals surface area (Å²) in [5.74, 6) is 1.26. The van der Waals surface area contributed by atoms with Crippen molar-refractivity contribution in [3.8, 4) is 11.5 Å². The number of hydrogen-bond donors (Lipinski definition) is 1. The number of amides is 2. The third-order valence-electron chi connectivity index (χ3n) is 3.65. The monoisotopic (exact) mass is 346 g/mol. The minimum atomic E-state index is -0.142. The smallest absolute Gasteiger partial charge is 0.261 e. The Bertz CT molecular complexity index is 730. The molecule has 0 bridgehead atoms. The molecule has 0 atom stereocenters. The summed E-state index contributed by atoms with van der Waals surface area (Å²) in [5, 5.41) is 4.60. The van der Waals surface area contributed by atoms with Gasteiger partial charge in [0.2, 0.25) is 12.7 Å². The highest BCUT2D eigenvalue weighted by atomic mass is 32.1. The molecule has 6 nitrogen and oxygen atoms in total. The van der Waals surface area contributed by atoms with E-state index in [9.17, 15) is 9.59 Å². The third-order valence-corrected chi connectivity index (χ3v) is 4.52. The van der Waals surface area contributed by atoms with Crippen LogP contribution in [0.3, 0.4) is 0 Å². The fourth-order valence-corrected chi connectivity index (χ4v) is 3.01. The minimum absolute atomic E-state index is 0.0286. The fraction of sp³-hybridized carbons (Fsp3) is 0.294. The molecule has 1 aliphatic heterocycles. The first-order valence-corrected chi connectivity index (χ1v) is 8.45. The molecule has 0 saturated carbocycles. The molecule has 3 rings (SSSR count). The average molecular weight is 346 g/mol. The lowest BCUT2D eigenvalue weighted by Gasteiger charge is -2.17. The summed E-state index contributed by atoms with van der Waals surface area (Å²) < 4.78 is 10.6. The van der Waals surface area contributed by atoms with Crippen molar-refractivity contribution in [3.05, 3.63) is 46.2 Å². The van der Waals surface area contributed by atoms with E-state index in [2.05, 4.69) is 5.32 Å². The highest BCUT2D eigenvalue weighted by Crippen LogP contribution is 2.32. The summed E-state index contributed by atoms with van der Waals surface area (Å²) in [6, 6.07) is 9.22. The Labute approximate surface area is 144 Å². The Hall–Kier alpha value is -2.54. The third kappa shape index (κ3) is 3.86. The molecule has 1 aromatic heterocycles. The van der Waals surface area contributed by atoms with Crippen LogP contribution in [0.4, 0.5) is 0 Å². The van der Waals surface area contributed by atoms with Gasteiger partial charge in [0.1, 0.15) is 0 Å². The van der Waals surface area contributed by atoms with E-state index < -0.39 is 0 Å². The van der Waals surface area contributed by atoms with Gasteiger partial charge in [-0.3, -0.25) is 9.59 Å². The molecule has 2 heterocycles.